The molecular formula is C44H87N2O7P. The molecule has 0 aromatic carbocycles. The van der Waals surface area contributed by atoms with E-state index in [0.717, 1.165) is 51.4 Å². The van der Waals surface area contributed by atoms with Crippen LogP contribution in [0.5, 0.6) is 0 Å². The Bertz CT molecular complexity index is 919. The van der Waals surface area contributed by atoms with Crippen LogP contribution < -0.4 is 11.1 Å². The lowest BCUT2D eigenvalue weighted by Gasteiger charge is -2.24. The first-order valence-corrected chi connectivity index (χ1v) is 24.0. The van der Waals surface area contributed by atoms with E-state index in [1.54, 1.807) is 6.08 Å². The van der Waals surface area contributed by atoms with Gasteiger partial charge in [0.15, 0.2) is 0 Å². The van der Waals surface area contributed by atoms with Gasteiger partial charge in [0, 0.05) is 6.54 Å². The maximum absolute atomic E-state index is 12.8. The molecule has 0 aromatic rings. The van der Waals surface area contributed by atoms with Crippen molar-refractivity contribution in [2.45, 2.75) is 231 Å². The van der Waals surface area contributed by atoms with Crippen LogP contribution in [0.3, 0.4) is 0 Å². The number of nitrogens with two attached hydrogens (primary N) is 1. The summed E-state index contributed by atoms with van der Waals surface area (Å²) in [6.07, 6.45) is 42.6. The van der Waals surface area contributed by atoms with Crippen LogP contribution in [0.2, 0.25) is 0 Å². The van der Waals surface area contributed by atoms with Gasteiger partial charge in [-0.1, -0.05) is 186 Å². The number of unbranched alkanes of at least 4 members (excludes halogenated alkanes) is 26. The molecule has 9 nitrogen and oxygen atoms in total. The van der Waals surface area contributed by atoms with Gasteiger partial charge in [-0.3, -0.25) is 13.8 Å². The third-order valence-corrected chi connectivity index (χ3v) is 11.1. The highest BCUT2D eigenvalue weighted by molar-refractivity contribution is 7.47. The van der Waals surface area contributed by atoms with Crippen molar-refractivity contribution in [2.75, 3.05) is 19.8 Å². The van der Waals surface area contributed by atoms with Crippen molar-refractivity contribution in [1.29, 1.82) is 0 Å². The Morgan fingerprint density at radius 3 is 1.48 bits per heavy atom. The first kappa shape index (κ1) is 52.9. The van der Waals surface area contributed by atoms with Gasteiger partial charge >= 0.3 is 7.82 Å². The molecule has 0 spiro atoms. The minimum Gasteiger partial charge on any atom is -0.393 e. The molecule has 4 atom stereocenters. The number of hydrogen-bond acceptors (Lipinski definition) is 7. The Morgan fingerprint density at radius 2 is 1.04 bits per heavy atom. The molecular weight excluding hydrogens is 699 g/mol. The minimum absolute atomic E-state index is 0.0489. The van der Waals surface area contributed by atoms with E-state index in [-0.39, 0.29) is 19.6 Å². The van der Waals surface area contributed by atoms with Crippen LogP contribution >= 0.6 is 7.82 Å². The second-order valence-corrected chi connectivity index (χ2v) is 16.9. The van der Waals surface area contributed by atoms with E-state index in [0.29, 0.717) is 6.42 Å². The fourth-order valence-electron chi connectivity index (χ4n) is 6.64. The number of carbonyl (C=O) groups is 1. The molecule has 0 rings (SSSR count). The van der Waals surface area contributed by atoms with Gasteiger partial charge in [0.1, 0.15) is 0 Å². The van der Waals surface area contributed by atoms with Crippen LogP contribution in [0.15, 0.2) is 24.3 Å². The monoisotopic (exact) mass is 787 g/mol. The predicted octanol–water partition coefficient (Wildman–Crippen LogP) is 11.5. The summed E-state index contributed by atoms with van der Waals surface area (Å²) in [6.45, 7) is 3.98. The average Bonchev–Trinajstić information content (AvgIpc) is 3.15. The van der Waals surface area contributed by atoms with Crippen LogP contribution in [0, 0.1) is 0 Å². The van der Waals surface area contributed by atoms with Crippen molar-refractivity contribution in [2.24, 2.45) is 5.73 Å². The smallest absolute Gasteiger partial charge is 0.393 e. The van der Waals surface area contributed by atoms with Gasteiger partial charge in [-0.2, -0.15) is 0 Å². The molecule has 0 aliphatic carbocycles. The maximum Gasteiger partial charge on any atom is 0.472 e. The van der Waals surface area contributed by atoms with E-state index >= 15 is 0 Å². The Balaban J connectivity index is 4.31. The zero-order chi connectivity index (χ0) is 39.8. The van der Waals surface area contributed by atoms with Gasteiger partial charge in [-0.15, -0.1) is 0 Å². The van der Waals surface area contributed by atoms with Crippen LogP contribution in [0.1, 0.15) is 213 Å². The average molecular weight is 787 g/mol. The topological polar surface area (TPSA) is 151 Å². The number of nitrogens with one attached hydrogen (secondary N) is 1. The van der Waals surface area contributed by atoms with Crippen LogP contribution in [-0.2, 0) is 18.4 Å². The van der Waals surface area contributed by atoms with Gasteiger partial charge in [0.05, 0.1) is 37.9 Å². The number of amides is 1. The molecule has 0 heterocycles. The van der Waals surface area contributed by atoms with Crippen molar-refractivity contribution in [3.63, 3.8) is 0 Å². The number of aliphatic hydroxyl groups is 2. The summed E-state index contributed by atoms with van der Waals surface area (Å²) >= 11 is 0. The zero-order valence-electron chi connectivity index (χ0n) is 35.1. The molecule has 4 unspecified atom stereocenters. The number of phosphoric ester groups is 1. The molecule has 0 aliphatic heterocycles. The number of carbonyl (C=O) groups excluding carboxylic acids is 1. The van der Waals surface area contributed by atoms with E-state index in [4.69, 9.17) is 14.8 Å². The van der Waals surface area contributed by atoms with E-state index < -0.39 is 38.6 Å². The summed E-state index contributed by atoms with van der Waals surface area (Å²) < 4.78 is 22.1. The molecule has 0 bridgehead atoms. The fraction of sp³-hybridized carbons (Fsp3) is 0.886. The minimum atomic E-state index is -4.40. The van der Waals surface area contributed by atoms with E-state index in [1.807, 2.05) is 6.08 Å². The highest BCUT2D eigenvalue weighted by atomic mass is 31.2. The normalized spacial score (nSPS) is 14.9. The second kappa shape index (κ2) is 40.1. The molecule has 0 aliphatic rings. The summed E-state index contributed by atoms with van der Waals surface area (Å²) in [5.74, 6) is -0.450. The summed E-state index contributed by atoms with van der Waals surface area (Å²) in [4.78, 5) is 22.8. The Hall–Kier alpha value is -1.06. The van der Waals surface area contributed by atoms with Gasteiger partial charge in [0.25, 0.3) is 0 Å². The van der Waals surface area contributed by atoms with Crippen molar-refractivity contribution in [3.05, 3.63) is 24.3 Å². The molecule has 320 valence electrons. The summed E-state index contributed by atoms with van der Waals surface area (Å²) in [7, 11) is -4.40. The van der Waals surface area contributed by atoms with Crippen molar-refractivity contribution in [1.82, 2.24) is 5.32 Å². The van der Waals surface area contributed by atoms with Crippen LogP contribution in [-0.4, -0.2) is 59.0 Å². The predicted molar refractivity (Wildman–Crippen MR) is 227 cm³/mol. The highest BCUT2D eigenvalue weighted by Gasteiger charge is 2.27. The fourth-order valence-corrected chi connectivity index (χ4v) is 7.40. The van der Waals surface area contributed by atoms with Crippen molar-refractivity contribution >= 4 is 13.7 Å². The number of hydrogen-bond donors (Lipinski definition) is 5. The molecule has 0 saturated heterocycles. The van der Waals surface area contributed by atoms with E-state index in [9.17, 15) is 24.5 Å². The first-order valence-electron chi connectivity index (χ1n) is 22.5. The standard InChI is InChI=1S/C44H87N2O7P/c1-3-5-7-9-11-13-15-17-19-20-22-23-25-27-29-31-33-35-41(47)39-44(49)46-42(40-53-54(50,51)52-38-37-45)43(48)36-34-32-30-28-26-24-21-18-16-14-12-10-8-6-4-2/h20,22,34,36,41-43,47-48H,3-19,21,23-33,35,37-40,45H2,1-2H3,(H,46,49)(H,50,51)/b22-20-,36-34+. The maximum atomic E-state index is 12.8. The Kier molecular flexibility index (Phi) is 39.4. The molecule has 0 radical (unpaired) electrons. The van der Waals surface area contributed by atoms with Gasteiger partial charge < -0.3 is 26.2 Å². The third-order valence-electron chi connectivity index (χ3n) is 10.1. The quantitative estimate of drug-likeness (QED) is 0.0233. The number of aliphatic hydroxyl groups excluding tert-OH is 2. The molecule has 0 saturated carbocycles. The Labute approximate surface area is 332 Å². The van der Waals surface area contributed by atoms with E-state index in [2.05, 4.69) is 31.3 Å². The van der Waals surface area contributed by atoms with Crippen molar-refractivity contribution < 1.29 is 33.5 Å². The van der Waals surface area contributed by atoms with E-state index in [1.165, 1.54) is 135 Å². The number of allylic oxidation sites excluding steroid dienone is 3. The molecule has 1 amide bonds. The summed E-state index contributed by atoms with van der Waals surface area (Å²) in [5, 5.41) is 24.1. The number of phosphoric acid groups is 1. The van der Waals surface area contributed by atoms with Gasteiger partial charge in [-0.25, -0.2) is 4.57 Å². The SMILES string of the molecule is CCCCCCCCCC/C=C\CCCCCCCC(O)CC(=O)NC(COP(=O)(O)OCCN)C(O)/C=C/CCCCCCCCCCCCCCC. The lowest BCUT2D eigenvalue weighted by molar-refractivity contribution is -0.124. The number of rotatable bonds is 42. The molecule has 6 N–H and O–H groups in total. The largest absolute Gasteiger partial charge is 0.472 e. The molecule has 54 heavy (non-hydrogen) atoms. The Morgan fingerprint density at radius 1 is 0.630 bits per heavy atom. The van der Waals surface area contributed by atoms with Crippen LogP contribution in [0.25, 0.3) is 0 Å². The summed E-state index contributed by atoms with van der Waals surface area (Å²) in [5.41, 5.74) is 5.36. The second-order valence-electron chi connectivity index (χ2n) is 15.4. The highest BCUT2D eigenvalue weighted by Crippen LogP contribution is 2.43. The molecule has 0 aromatic heterocycles. The van der Waals surface area contributed by atoms with Gasteiger partial charge in [0.2, 0.25) is 5.91 Å². The lowest BCUT2D eigenvalue weighted by atomic mass is 10.0. The van der Waals surface area contributed by atoms with Crippen LogP contribution in [0.4, 0.5) is 0 Å². The first-order chi connectivity index (χ1) is 26.3. The third kappa shape index (κ3) is 37.8. The van der Waals surface area contributed by atoms with Crippen molar-refractivity contribution in [3.8, 4) is 0 Å². The van der Waals surface area contributed by atoms with Gasteiger partial charge in [-0.05, 0) is 44.9 Å². The summed E-state index contributed by atoms with van der Waals surface area (Å²) in [6, 6.07) is -0.982. The lowest BCUT2D eigenvalue weighted by Crippen LogP contribution is -2.46. The molecule has 0 fully saturated rings. The molecule has 10 heteroatoms. The zero-order valence-corrected chi connectivity index (χ0v) is 36.0.